The van der Waals surface area contributed by atoms with Gasteiger partial charge in [-0.15, -0.1) is 0 Å². The molecule has 3 heteroatoms. The molecular formula is C14H29N3. The Morgan fingerprint density at radius 1 is 1.24 bits per heavy atom. The van der Waals surface area contributed by atoms with Crippen LogP contribution in [-0.2, 0) is 0 Å². The molecule has 2 heterocycles. The van der Waals surface area contributed by atoms with Gasteiger partial charge in [0.15, 0.2) is 0 Å². The summed E-state index contributed by atoms with van der Waals surface area (Å²) in [6.07, 6.45) is 3.94. The number of fused-ring (bicyclic) bond motifs is 1. The quantitative estimate of drug-likeness (QED) is 0.811. The molecular weight excluding hydrogens is 210 g/mol. The Hall–Kier alpha value is -0.120. The molecule has 0 saturated carbocycles. The lowest BCUT2D eigenvalue weighted by molar-refractivity contribution is 0.0982. The van der Waals surface area contributed by atoms with Gasteiger partial charge >= 0.3 is 0 Å². The van der Waals surface area contributed by atoms with E-state index in [1.54, 1.807) is 0 Å². The highest BCUT2D eigenvalue weighted by Crippen LogP contribution is 2.23. The second kappa shape index (κ2) is 5.25. The molecule has 100 valence electrons. The predicted molar refractivity (Wildman–Crippen MR) is 73.1 cm³/mol. The number of piperazine rings is 1. The Morgan fingerprint density at radius 3 is 2.71 bits per heavy atom. The highest BCUT2D eigenvalue weighted by molar-refractivity contribution is 4.87. The molecule has 0 aliphatic carbocycles. The minimum atomic E-state index is 0.245. The van der Waals surface area contributed by atoms with Crippen molar-refractivity contribution in [2.75, 3.05) is 32.7 Å². The molecule has 2 aliphatic heterocycles. The molecule has 17 heavy (non-hydrogen) atoms. The molecule has 0 bridgehead atoms. The van der Waals surface area contributed by atoms with Gasteiger partial charge in [0.1, 0.15) is 0 Å². The van der Waals surface area contributed by atoms with E-state index in [4.69, 9.17) is 5.73 Å². The molecule has 0 radical (unpaired) electrons. The number of hydrogen-bond donors (Lipinski definition) is 1. The number of rotatable bonds is 3. The van der Waals surface area contributed by atoms with Crippen LogP contribution < -0.4 is 5.73 Å². The van der Waals surface area contributed by atoms with Gasteiger partial charge in [0, 0.05) is 31.7 Å². The van der Waals surface area contributed by atoms with Crippen LogP contribution in [0.15, 0.2) is 0 Å². The van der Waals surface area contributed by atoms with Crippen molar-refractivity contribution >= 4 is 0 Å². The average molecular weight is 239 g/mol. The van der Waals surface area contributed by atoms with E-state index in [-0.39, 0.29) is 5.41 Å². The van der Waals surface area contributed by atoms with Crippen LogP contribution >= 0.6 is 0 Å². The molecule has 2 saturated heterocycles. The van der Waals surface area contributed by atoms with Gasteiger partial charge in [-0.25, -0.2) is 0 Å². The maximum absolute atomic E-state index is 6.24. The highest BCUT2D eigenvalue weighted by atomic mass is 15.3. The van der Waals surface area contributed by atoms with Crippen molar-refractivity contribution in [3.05, 3.63) is 0 Å². The third-order valence-corrected chi connectivity index (χ3v) is 4.54. The maximum atomic E-state index is 6.24. The van der Waals surface area contributed by atoms with Crippen LogP contribution in [0.1, 0.15) is 40.0 Å². The van der Waals surface area contributed by atoms with Gasteiger partial charge in [0.2, 0.25) is 0 Å². The standard InChI is InChI=1S/C14H29N3/c1-14(2,3)13(15)6-8-16-9-10-17-7-4-5-12(17)11-16/h12-13H,4-11,15H2,1-3H3. The minimum Gasteiger partial charge on any atom is -0.327 e. The smallest absolute Gasteiger partial charge is 0.0224 e. The summed E-state index contributed by atoms with van der Waals surface area (Å²) in [4.78, 5) is 5.29. The summed E-state index contributed by atoms with van der Waals surface area (Å²) < 4.78 is 0. The molecule has 3 nitrogen and oxygen atoms in total. The first-order valence-electron chi connectivity index (χ1n) is 7.19. The van der Waals surface area contributed by atoms with E-state index >= 15 is 0 Å². The van der Waals surface area contributed by atoms with Crippen molar-refractivity contribution in [2.24, 2.45) is 11.1 Å². The second-order valence-electron chi connectivity index (χ2n) is 6.89. The molecule has 2 unspecified atom stereocenters. The molecule has 0 amide bonds. The van der Waals surface area contributed by atoms with Crippen LogP contribution in [0.5, 0.6) is 0 Å². The van der Waals surface area contributed by atoms with Crippen molar-refractivity contribution in [3.63, 3.8) is 0 Å². The molecule has 0 aromatic heterocycles. The summed E-state index contributed by atoms with van der Waals surface area (Å²) in [5.74, 6) is 0. The van der Waals surface area contributed by atoms with Crippen molar-refractivity contribution in [1.82, 2.24) is 9.80 Å². The predicted octanol–water partition coefficient (Wildman–Crippen LogP) is 1.53. The largest absolute Gasteiger partial charge is 0.327 e. The summed E-state index contributed by atoms with van der Waals surface area (Å²) in [7, 11) is 0. The van der Waals surface area contributed by atoms with E-state index in [9.17, 15) is 0 Å². The highest BCUT2D eigenvalue weighted by Gasteiger charge is 2.30. The van der Waals surface area contributed by atoms with E-state index in [2.05, 4.69) is 30.6 Å². The number of nitrogens with two attached hydrogens (primary N) is 1. The molecule has 2 atom stereocenters. The fraction of sp³-hybridized carbons (Fsp3) is 1.00. The Morgan fingerprint density at radius 2 is 2.00 bits per heavy atom. The summed E-state index contributed by atoms with van der Waals surface area (Å²) in [5.41, 5.74) is 6.48. The van der Waals surface area contributed by atoms with E-state index in [1.807, 2.05) is 0 Å². The number of nitrogens with zero attached hydrogens (tertiary/aromatic N) is 2. The Bertz CT molecular complexity index is 246. The van der Waals surface area contributed by atoms with E-state index < -0.39 is 0 Å². The van der Waals surface area contributed by atoms with Gasteiger partial charge in [-0.1, -0.05) is 20.8 Å². The van der Waals surface area contributed by atoms with Gasteiger partial charge in [-0.05, 0) is 37.8 Å². The van der Waals surface area contributed by atoms with Gasteiger partial charge in [0.05, 0.1) is 0 Å². The van der Waals surface area contributed by atoms with Crippen LogP contribution in [0.2, 0.25) is 0 Å². The third-order valence-electron chi connectivity index (χ3n) is 4.54. The summed E-state index contributed by atoms with van der Waals surface area (Å²) in [6, 6.07) is 1.17. The Kier molecular flexibility index (Phi) is 4.11. The Labute approximate surface area is 106 Å². The maximum Gasteiger partial charge on any atom is 0.0224 e. The lowest BCUT2D eigenvalue weighted by Crippen LogP contribution is -2.51. The van der Waals surface area contributed by atoms with E-state index in [0.717, 1.165) is 12.5 Å². The summed E-state index contributed by atoms with van der Waals surface area (Å²) >= 11 is 0. The van der Waals surface area contributed by atoms with Crippen molar-refractivity contribution in [1.29, 1.82) is 0 Å². The van der Waals surface area contributed by atoms with Crippen molar-refractivity contribution in [2.45, 2.75) is 52.1 Å². The van der Waals surface area contributed by atoms with Crippen LogP contribution in [0, 0.1) is 5.41 Å². The normalized spacial score (nSPS) is 29.3. The van der Waals surface area contributed by atoms with Crippen LogP contribution in [0.25, 0.3) is 0 Å². The molecule has 2 N–H and O–H groups in total. The number of hydrogen-bond acceptors (Lipinski definition) is 3. The summed E-state index contributed by atoms with van der Waals surface area (Å²) in [5, 5.41) is 0. The molecule has 0 aromatic rings. The first-order chi connectivity index (χ1) is 7.97. The molecule has 2 aliphatic rings. The molecule has 0 aromatic carbocycles. The fourth-order valence-corrected chi connectivity index (χ4v) is 3.01. The van der Waals surface area contributed by atoms with E-state index in [1.165, 1.54) is 45.6 Å². The van der Waals surface area contributed by atoms with Crippen molar-refractivity contribution < 1.29 is 0 Å². The third kappa shape index (κ3) is 3.43. The van der Waals surface area contributed by atoms with Gasteiger partial charge in [-0.2, -0.15) is 0 Å². The average Bonchev–Trinajstić information content (AvgIpc) is 2.71. The fourth-order valence-electron chi connectivity index (χ4n) is 3.01. The first kappa shape index (κ1) is 13.3. The lowest BCUT2D eigenvalue weighted by Gasteiger charge is -2.38. The molecule has 2 fully saturated rings. The van der Waals surface area contributed by atoms with Crippen molar-refractivity contribution in [3.8, 4) is 0 Å². The van der Waals surface area contributed by atoms with Gasteiger partial charge < -0.3 is 10.6 Å². The SMILES string of the molecule is CC(C)(C)C(N)CCN1CCN2CCCC2C1. The molecule has 2 rings (SSSR count). The Balaban J connectivity index is 1.73. The zero-order valence-electron chi connectivity index (χ0n) is 11.8. The van der Waals surface area contributed by atoms with Gasteiger partial charge in [-0.3, -0.25) is 4.90 Å². The van der Waals surface area contributed by atoms with E-state index in [0.29, 0.717) is 6.04 Å². The monoisotopic (exact) mass is 239 g/mol. The minimum absolute atomic E-state index is 0.245. The van der Waals surface area contributed by atoms with Crippen LogP contribution in [-0.4, -0.2) is 54.6 Å². The van der Waals surface area contributed by atoms with Crippen LogP contribution in [0.3, 0.4) is 0 Å². The summed E-state index contributed by atoms with van der Waals surface area (Å²) in [6.45, 7) is 13.0. The van der Waals surface area contributed by atoms with Crippen LogP contribution in [0.4, 0.5) is 0 Å². The second-order valence-corrected chi connectivity index (χ2v) is 6.89. The zero-order chi connectivity index (χ0) is 12.5. The van der Waals surface area contributed by atoms with Gasteiger partial charge in [0.25, 0.3) is 0 Å². The topological polar surface area (TPSA) is 32.5 Å². The molecule has 0 spiro atoms. The first-order valence-corrected chi connectivity index (χ1v) is 7.19. The lowest BCUT2D eigenvalue weighted by atomic mass is 9.85. The zero-order valence-corrected chi connectivity index (χ0v) is 11.8.